The first-order valence-electron chi connectivity index (χ1n) is 10.2. The van der Waals surface area contributed by atoms with Crippen LogP contribution in [-0.2, 0) is 24.1 Å². The van der Waals surface area contributed by atoms with E-state index in [0.717, 1.165) is 43.4 Å². The van der Waals surface area contributed by atoms with Crippen molar-refractivity contribution in [2.75, 3.05) is 11.9 Å². The molecule has 1 saturated carbocycles. The van der Waals surface area contributed by atoms with Crippen molar-refractivity contribution in [3.8, 4) is 0 Å². The van der Waals surface area contributed by atoms with Crippen LogP contribution in [0.25, 0.3) is 0 Å². The number of hydrogen-bond acceptors (Lipinski definition) is 4. The summed E-state index contributed by atoms with van der Waals surface area (Å²) in [6.07, 6.45) is 2.68. The van der Waals surface area contributed by atoms with Gasteiger partial charge in [-0.1, -0.05) is 0 Å². The van der Waals surface area contributed by atoms with E-state index in [1.54, 1.807) is 12.4 Å². The molecule has 1 aliphatic carbocycles. The summed E-state index contributed by atoms with van der Waals surface area (Å²) >= 11 is 0. The number of carbonyl (C=O) groups excluding carboxylic acids is 1. The normalized spacial score (nSPS) is 19.1. The van der Waals surface area contributed by atoms with Crippen molar-refractivity contribution in [3.05, 3.63) is 59.4 Å². The second kappa shape index (κ2) is 10.6. The van der Waals surface area contributed by atoms with Gasteiger partial charge in [0.25, 0.3) is 0 Å². The van der Waals surface area contributed by atoms with E-state index >= 15 is 0 Å². The lowest BCUT2D eigenvalue weighted by molar-refractivity contribution is -0.137. The van der Waals surface area contributed by atoms with Gasteiger partial charge in [0, 0.05) is 24.6 Å². The zero-order valence-corrected chi connectivity index (χ0v) is 17.0. The molecule has 6 nitrogen and oxygen atoms in total. The Balaban J connectivity index is 1.41. The molecule has 1 aliphatic rings. The Bertz CT molecular complexity index is 854. The van der Waals surface area contributed by atoms with Crippen molar-refractivity contribution in [1.29, 1.82) is 0 Å². The molecule has 1 aromatic heterocycles. The van der Waals surface area contributed by atoms with Gasteiger partial charge in [0.1, 0.15) is 0 Å². The predicted octanol–water partition coefficient (Wildman–Crippen LogP) is 4.49. The number of anilines is 1. The number of nitrogens with zero attached hydrogens (tertiary/aromatic N) is 1. The van der Waals surface area contributed by atoms with E-state index in [-0.39, 0.29) is 17.4 Å². The lowest BCUT2D eigenvalue weighted by atomic mass is 9.87. The van der Waals surface area contributed by atoms with Crippen LogP contribution in [0.2, 0.25) is 0 Å². The molecule has 2 aromatic rings. The van der Waals surface area contributed by atoms with E-state index in [1.165, 1.54) is 6.07 Å². The second-order valence-electron chi connectivity index (χ2n) is 7.72. The fourth-order valence-electron chi connectivity index (χ4n) is 3.63. The molecule has 168 valence electrons. The molecule has 0 aliphatic heterocycles. The van der Waals surface area contributed by atoms with Crippen molar-refractivity contribution in [2.24, 2.45) is 5.92 Å². The third-order valence-corrected chi connectivity index (χ3v) is 5.34. The molecule has 0 unspecified atom stereocenters. The third-order valence-electron chi connectivity index (χ3n) is 5.34. The van der Waals surface area contributed by atoms with Gasteiger partial charge < -0.3 is 20.5 Å². The van der Waals surface area contributed by atoms with Gasteiger partial charge in [0.2, 0.25) is 0 Å². The maximum atomic E-state index is 13.0. The van der Waals surface area contributed by atoms with Crippen LogP contribution in [0.1, 0.15) is 42.4 Å². The number of aliphatic hydroxyl groups is 1. The van der Waals surface area contributed by atoms with Crippen LogP contribution in [0.4, 0.5) is 23.7 Å². The number of benzene rings is 1. The molecule has 1 fully saturated rings. The topological polar surface area (TPSA) is 83.5 Å². The number of amides is 2. The number of nitrogens with one attached hydrogen (secondary N) is 2. The third kappa shape index (κ3) is 7.22. The average molecular weight is 437 g/mol. The molecule has 3 N–H and O–H groups in total. The molecule has 31 heavy (non-hydrogen) atoms. The maximum absolute atomic E-state index is 13.0. The maximum Gasteiger partial charge on any atom is 0.416 e. The first kappa shape index (κ1) is 23.0. The Morgan fingerprint density at radius 2 is 1.81 bits per heavy atom. The van der Waals surface area contributed by atoms with Crippen LogP contribution < -0.4 is 10.6 Å². The predicted molar refractivity (Wildman–Crippen MR) is 109 cm³/mol. The average Bonchev–Trinajstić information content (AvgIpc) is 2.77. The summed E-state index contributed by atoms with van der Waals surface area (Å²) in [6.45, 7) is 0.437. The number of pyridine rings is 1. The molecule has 0 atom stereocenters. The monoisotopic (exact) mass is 437 g/mol. The summed E-state index contributed by atoms with van der Waals surface area (Å²) in [6, 6.07) is 6.30. The number of hydrogen-bond donors (Lipinski definition) is 3. The highest BCUT2D eigenvalue weighted by Crippen LogP contribution is 2.32. The zero-order chi connectivity index (χ0) is 22.3. The quantitative estimate of drug-likeness (QED) is 0.596. The molecule has 3 rings (SSSR count). The van der Waals surface area contributed by atoms with Gasteiger partial charge in [-0.2, -0.15) is 13.2 Å². The first-order chi connectivity index (χ1) is 14.8. The molecule has 0 radical (unpaired) electrons. The van der Waals surface area contributed by atoms with Gasteiger partial charge in [0.15, 0.2) is 0 Å². The lowest BCUT2D eigenvalue weighted by Gasteiger charge is -2.28. The minimum absolute atomic E-state index is 0.00963. The Morgan fingerprint density at radius 1 is 1.10 bits per heavy atom. The van der Waals surface area contributed by atoms with Crippen LogP contribution in [0.15, 0.2) is 42.7 Å². The van der Waals surface area contributed by atoms with Crippen molar-refractivity contribution < 1.29 is 27.8 Å². The summed E-state index contributed by atoms with van der Waals surface area (Å²) in [5.41, 5.74) is 0.230. The van der Waals surface area contributed by atoms with Gasteiger partial charge >= 0.3 is 12.2 Å². The number of halogens is 3. The molecular formula is C22H26F3N3O3. The minimum Gasteiger partial charge on any atom is -0.392 e. The summed E-state index contributed by atoms with van der Waals surface area (Å²) in [7, 11) is 0. The van der Waals surface area contributed by atoms with Crippen LogP contribution in [0, 0.1) is 5.92 Å². The van der Waals surface area contributed by atoms with Crippen LogP contribution in [0.5, 0.6) is 0 Å². The number of urea groups is 1. The van der Waals surface area contributed by atoms with Gasteiger partial charge in [-0.3, -0.25) is 4.98 Å². The van der Waals surface area contributed by atoms with Gasteiger partial charge in [0.05, 0.1) is 24.9 Å². The van der Waals surface area contributed by atoms with Crippen LogP contribution in [0.3, 0.4) is 0 Å². The van der Waals surface area contributed by atoms with E-state index in [2.05, 4.69) is 15.6 Å². The summed E-state index contributed by atoms with van der Waals surface area (Å²) in [4.78, 5) is 16.1. The first-order valence-corrected chi connectivity index (χ1v) is 10.2. The molecule has 0 saturated heterocycles. The molecular weight excluding hydrogens is 411 g/mol. The fraction of sp³-hybridized carbons (Fsp3) is 0.455. The molecule has 2 amide bonds. The van der Waals surface area contributed by atoms with Gasteiger partial charge in [-0.15, -0.1) is 0 Å². The highest BCUT2D eigenvalue weighted by molar-refractivity contribution is 5.89. The summed E-state index contributed by atoms with van der Waals surface area (Å²) in [5, 5.41) is 14.3. The number of ether oxygens (including phenoxy) is 1. The largest absolute Gasteiger partial charge is 0.416 e. The number of rotatable bonds is 7. The number of aliphatic hydroxyl groups excluding tert-OH is 1. The van der Waals surface area contributed by atoms with Crippen molar-refractivity contribution in [2.45, 2.75) is 51.2 Å². The van der Waals surface area contributed by atoms with Gasteiger partial charge in [-0.25, -0.2) is 4.79 Å². The molecule has 1 heterocycles. The molecule has 9 heteroatoms. The van der Waals surface area contributed by atoms with Gasteiger partial charge in [-0.05, 0) is 73.1 Å². The number of aromatic nitrogens is 1. The minimum atomic E-state index is -4.56. The number of alkyl halides is 3. The van der Waals surface area contributed by atoms with E-state index in [1.807, 2.05) is 12.1 Å². The fourth-order valence-corrected chi connectivity index (χ4v) is 3.63. The van der Waals surface area contributed by atoms with E-state index in [4.69, 9.17) is 4.74 Å². The highest BCUT2D eigenvalue weighted by Gasteiger charge is 2.31. The molecule has 0 bridgehead atoms. The lowest BCUT2D eigenvalue weighted by Crippen LogP contribution is -2.35. The van der Waals surface area contributed by atoms with Crippen molar-refractivity contribution >= 4 is 11.7 Å². The number of carbonyl (C=O) groups is 1. The van der Waals surface area contributed by atoms with Crippen LogP contribution >= 0.6 is 0 Å². The Kier molecular flexibility index (Phi) is 7.86. The van der Waals surface area contributed by atoms with E-state index < -0.39 is 24.4 Å². The molecule has 1 aromatic carbocycles. The zero-order valence-electron chi connectivity index (χ0n) is 17.0. The smallest absolute Gasteiger partial charge is 0.392 e. The Labute approximate surface area is 178 Å². The standard InChI is InChI=1S/C22H26F3N3O3/c23-22(24,25)18-9-17(13-29)10-19(11-18)28-21(30)27-12-15-1-3-20(4-2-15)31-14-16-5-7-26-8-6-16/h5-11,15,20,29H,1-4,12-14H2,(H2,27,28,30). The Hall–Kier alpha value is -2.65. The summed E-state index contributed by atoms with van der Waals surface area (Å²) in [5.74, 6) is 0.293. The Morgan fingerprint density at radius 3 is 2.45 bits per heavy atom. The highest BCUT2D eigenvalue weighted by atomic mass is 19.4. The van der Waals surface area contributed by atoms with Crippen LogP contribution in [-0.4, -0.2) is 28.8 Å². The SMILES string of the molecule is O=C(NCC1CCC(OCc2ccncc2)CC1)Nc1cc(CO)cc(C(F)(F)F)c1. The molecule has 0 spiro atoms. The summed E-state index contributed by atoms with van der Waals surface area (Å²) < 4.78 is 44.9. The van der Waals surface area contributed by atoms with Crippen molar-refractivity contribution in [3.63, 3.8) is 0 Å². The van der Waals surface area contributed by atoms with E-state index in [0.29, 0.717) is 19.1 Å². The van der Waals surface area contributed by atoms with Crippen molar-refractivity contribution in [1.82, 2.24) is 10.3 Å². The van der Waals surface area contributed by atoms with E-state index in [9.17, 15) is 23.1 Å². The second-order valence-corrected chi connectivity index (χ2v) is 7.72.